The van der Waals surface area contributed by atoms with Gasteiger partial charge in [0.05, 0.1) is 18.1 Å². The van der Waals surface area contributed by atoms with Gasteiger partial charge in [-0.1, -0.05) is 30.3 Å². The number of amides is 1. The first kappa shape index (κ1) is 19.2. The topological polar surface area (TPSA) is 99.7 Å². The summed E-state index contributed by atoms with van der Waals surface area (Å²) in [5.41, 5.74) is 1.05. The van der Waals surface area contributed by atoms with Gasteiger partial charge in [0.1, 0.15) is 0 Å². The lowest BCUT2D eigenvalue weighted by molar-refractivity contribution is -0.121. The number of hydrogen-bond acceptors (Lipinski definition) is 4. The van der Waals surface area contributed by atoms with Gasteiger partial charge in [0, 0.05) is 25.6 Å². The van der Waals surface area contributed by atoms with Crippen molar-refractivity contribution in [2.75, 3.05) is 24.6 Å². The van der Waals surface area contributed by atoms with Gasteiger partial charge in [0.2, 0.25) is 5.91 Å². The molecule has 1 aromatic carbocycles. The Morgan fingerprint density at radius 3 is 2.64 bits per heavy atom. The lowest BCUT2D eigenvalue weighted by Crippen LogP contribution is -2.44. The van der Waals surface area contributed by atoms with Crippen molar-refractivity contribution in [3.63, 3.8) is 0 Å². The van der Waals surface area contributed by atoms with Crippen LogP contribution in [0.4, 0.5) is 0 Å². The van der Waals surface area contributed by atoms with Crippen LogP contribution in [0.5, 0.6) is 0 Å². The molecule has 0 spiro atoms. The van der Waals surface area contributed by atoms with Crippen molar-refractivity contribution in [3.8, 4) is 0 Å². The zero-order chi connectivity index (χ0) is 18.1. The van der Waals surface area contributed by atoms with E-state index >= 15 is 0 Å². The van der Waals surface area contributed by atoms with Gasteiger partial charge in [-0.05, 0) is 18.9 Å². The predicted octanol–water partition coefficient (Wildman–Crippen LogP) is 0.435. The van der Waals surface area contributed by atoms with Crippen LogP contribution in [0.25, 0.3) is 0 Å². The summed E-state index contributed by atoms with van der Waals surface area (Å²) in [7, 11) is -2.93. The normalized spacial score (nSPS) is 19.4. The van der Waals surface area contributed by atoms with Gasteiger partial charge in [-0.2, -0.15) is 0 Å². The second-order valence-electron chi connectivity index (χ2n) is 6.02. The average molecular weight is 366 g/mol. The molecule has 8 heteroatoms. The maximum atomic E-state index is 11.9. The number of aliphatic imine (C=N–C) groups is 1. The molecule has 0 aliphatic carbocycles. The molecule has 25 heavy (non-hydrogen) atoms. The number of benzene rings is 1. The predicted molar refractivity (Wildman–Crippen MR) is 99.1 cm³/mol. The van der Waals surface area contributed by atoms with E-state index in [4.69, 9.17) is 0 Å². The molecule has 1 heterocycles. The molecule has 3 N–H and O–H groups in total. The van der Waals surface area contributed by atoms with E-state index in [2.05, 4.69) is 20.9 Å². The van der Waals surface area contributed by atoms with Crippen LogP contribution in [0, 0.1) is 0 Å². The molecule has 0 aromatic heterocycles. The summed E-state index contributed by atoms with van der Waals surface area (Å²) in [5.74, 6) is 0.841. The lowest BCUT2D eigenvalue weighted by atomic mass is 10.2. The molecule has 1 atom stereocenters. The van der Waals surface area contributed by atoms with Crippen LogP contribution in [-0.4, -0.2) is 50.9 Å². The fourth-order valence-corrected chi connectivity index (χ4v) is 4.25. The number of carbonyl (C=O) groups excluding carboxylic acids is 1. The van der Waals surface area contributed by atoms with Crippen molar-refractivity contribution < 1.29 is 13.2 Å². The summed E-state index contributed by atoms with van der Waals surface area (Å²) in [4.78, 5) is 16.2. The molecule has 138 valence electrons. The summed E-state index contributed by atoms with van der Waals surface area (Å²) in [6.45, 7) is 3.46. The van der Waals surface area contributed by atoms with Crippen LogP contribution in [0.3, 0.4) is 0 Å². The highest BCUT2D eigenvalue weighted by Crippen LogP contribution is 2.10. The molecule has 1 fully saturated rings. The van der Waals surface area contributed by atoms with Gasteiger partial charge >= 0.3 is 0 Å². The quantitative estimate of drug-likeness (QED) is 0.480. The number of rotatable bonds is 7. The lowest BCUT2D eigenvalue weighted by Gasteiger charge is -2.15. The maximum absolute atomic E-state index is 11.9. The highest BCUT2D eigenvalue weighted by molar-refractivity contribution is 7.91. The Morgan fingerprint density at radius 2 is 2.00 bits per heavy atom. The van der Waals surface area contributed by atoms with E-state index in [-0.39, 0.29) is 29.9 Å². The zero-order valence-electron chi connectivity index (χ0n) is 14.5. The molecular formula is C17H26N4O3S. The Labute approximate surface area is 149 Å². The van der Waals surface area contributed by atoms with Gasteiger partial charge in [-0.25, -0.2) is 8.42 Å². The molecule has 0 saturated carbocycles. The minimum Gasteiger partial charge on any atom is -0.357 e. The first-order valence-electron chi connectivity index (χ1n) is 8.54. The van der Waals surface area contributed by atoms with E-state index in [1.165, 1.54) is 0 Å². The minimum atomic E-state index is -2.93. The van der Waals surface area contributed by atoms with Crippen LogP contribution in [-0.2, 0) is 21.2 Å². The van der Waals surface area contributed by atoms with Crippen molar-refractivity contribution in [1.29, 1.82) is 0 Å². The second-order valence-corrected chi connectivity index (χ2v) is 8.25. The molecule has 1 aliphatic rings. The SMILES string of the molecule is CCNC(=NCCC(=O)NCc1ccccc1)NC1CCS(=O)(=O)C1. The van der Waals surface area contributed by atoms with E-state index in [0.717, 1.165) is 5.56 Å². The first-order valence-corrected chi connectivity index (χ1v) is 10.4. The van der Waals surface area contributed by atoms with Crippen LogP contribution in [0.1, 0.15) is 25.3 Å². The molecule has 1 amide bonds. The van der Waals surface area contributed by atoms with Crippen molar-refractivity contribution >= 4 is 21.7 Å². The van der Waals surface area contributed by atoms with E-state index in [1.54, 1.807) is 0 Å². The second kappa shape index (κ2) is 9.41. The van der Waals surface area contributed by atoms with E-state index in [9.17, 15) is 13.2 Å². The molecule has 2 rings (SSSR count). The van der Waals surface area contributed by atoms with Gasteiger partial charge in [0.15, 0.2) is 15.8 Å². The average Bonchev–Trinajstić information content (AvgIpc) is 2.92. The third kappa shape index (κ3) is 7.13. The third-order valence-electron chi connectivity index (χ3n) is 3.86. The van der Waals surface area contributed by atoms with Crippen molar-refractivity contribution in [2.45, 2.75) is 32.4 Å². The minimum absolute atomic E-state index is 0.0631. The number of carbonyl (C=O) groups is 1. The third-order valence-corrected chi connectivity index (χ3v) is 5.63. The molecule has 1 aliphatic heterocycles. The summed E-state index contributed by atoms with van der Waals surface area (Å²) in [6, 6.07) is 9.61. The smallest absolute Gasteiger partial charge is 0.222 e. The molecule has 1 aromatic rings. The zero-order valence-corrected chi connectivity index (χ0v) is 15.3. The monoisotopic (exact) mass is 366 g/mol. The fourth-order valence-electron chi connectivity index (χ4n) is 2.58. The number of hydrogen-bond donors (Lipinski definition) is 3. The van der Waals surface area contributed by atoms with Gasteiger partial charge in [-0.15, -0.1) is 0 Å². The van der Waals surface area contributed by atoms with Gasteiger partial charge in [-0.3, -0.25) is 9.79 Å². The Morgan fingerprint density at radius 1 is 1.24 bits per heavy atom. The Hall–Kier alpha value is -2.09. The van der Waals surface area contributed by atoms with Crippen LogP contribution in [0.2, 0.25) is 0 Å². The van der Waals surface area contributed by atoms with E-state index < -0.39 is 9.84 Å². The van der Waals surface area contributed by atoms with Crippen LogP contribution in [0.15, 0.2) is 35.3 Å². The fraction of sp³-hybridized carbons (Fsp3) is 0.529. The molecule has 0 bridgehead atoms. The molecule has 7 nitrogen and oxygen atoms in total. The molecule has 1 saturated heterocycles. The standard InChI is InChI=1S/C17H26N4O3S/c1-2-18-17(21-15-9-11-25(23,24)13-15)19-10-8-16(22)20-12-14-6-4-3-5-7-14/h3-7,15H,2,8-13H2,1H3,(H,20,22)(H2,18,19,21). The summed E-state index contributed by atoms with van der Waals surface area (Å²) in [5, 5.41) is 9.07. The number of sulfone groups is 1. The van der Waals surface area contributed by atoms with Gasteiger partial charge in [0.25, 0.3) is 0 Å². The maximum Gasteiger partial charge on any atom is 0.222 e. The summed E-state index contributed by atoms with van der Waals surface area (Å²) < 4.78 is 23.0. The Balaban J connectivity index is 1.75. The number of nitrogens with one attached hydrogen (secondary N) is 3. The van der Waals surface area contributed by atoms with Crippen LogP contribution < -0.4 is 16.0 Å². The summed E-state index contributed by atoms with van der Waals surface area (Å²) in [6.07, 6.45) is 0.872. The summed E-state index contributed by atoms with van der Waals surface area (Å²) >= 11 is 0. The van der Waals surface area contributed by atoms with Crippen molar-refractivity contribution in [1.82, 2.24) is 16.0 Å². The highest BCUT2D eigenvalue weighted by Gasteiger charge is 2.28. The largest absolute Gasteiger partial charge is 0.357 e. The molecular weight excluding hydrogens is 340 g/mol. The van der Waals surface area contributed by atoms with Crippen molar-refractivity contribution in [3.05, 3.63) is 35.9 Å². The Kier molecular flexibility index (Phi) is 7.24. The molecule has 0 radical (unpaired) electrons. The Bertz CT molecular complexity index is 689. The van der Waals surface area contributed by atoms with Gasteiger partial charge < -0.3 is 16.0 Å². The highest BCUT2D eigenvalue weighted by atomic mass is 32.2. The van der Waals surface area contributed by atoms with Crippen molar-refractivity contribution in [2.24, 2.45) is 4.99 Å². The first-order chi connectivity index (χ1) is 12.0. The van der Waals surface area contributed by atoms with E-state index in [0.29, 0.717) is 32.0 Å². The molecule has 1 unspecified atom stereocenters. The van der Waals surface area contributed by atoms with E-state index in [1.807, 2.05) is 37.3 Å². The number of nitrogens with zero attached hydrogens (tertiary/aromatic N) is 1. The van der Waals surface area contributed by atoms with Crippen LogP contribution >= 0.6 is 0 Å². The number of guanidine groups is 1.